The van der Waals surface area contributed by atoms with E-state index >= 15 is 0 Å². The molecule has 1 aliphatic rings. The third-order valence-corrected chi connectivity index (χ3v) is 1.38. The number of rotatable bonds is 0. The molecule has 0 aliphatic carbocycles. The molecular weight excluding hydrogens is 148 g/mol. The van der Waals surface area contributed by atoms with Crippen LogP contribution in [-0.4, -0.2) is 24.5 Å². The van der Waals surface area contributed by atoms with Gasteiger partial charge in [-0.1, -0.05) is 0 Å². The lowest BCUT2D eigenvalue weighted by atomic mass is 10.2. The molecule has 0 N–H and O–H groups in total. The molecule has 1 heterocycles. The molecule has 0 aromatic rings. The number of hydrogen-bond donors (Lipinski definition) is 0. The van der Waals surface area contributed by atoms with Crippen LogP contribution in [0, 0.1) is 0 Å². The molecule has 0 fully saturated rings. The number of aliphatic imine (C=N–C) groups is 2. The van der Waals surface area contributed by atoms with Crippen molar-refractivity contribution in [2.45, 2.75) is 20.3 Å². The van der Waals surface area contributed by atoms with Crippen LogP contribution in [0.15, 0.2) is 9.98 Å². The van der Waals surface area contributed by atoms with E-state index in [0.29, 0.717) is 0 Å². The van der Waals surface area contributed by atoms with Gasteiger partial charge in [0.2, 0.25) is 0 Å². The molecule has 0 aromatic heterocycles. The zero-order valence-corrected chi connectivity index (χ0v) is 7.24. The van der Waals surface area contributed by atoms with Gasteiger partial charge >= 0.3 is 0 Å². The largest absolute Gasteiger partial charge is 0.292 e. The standard InChI is InChI=1S/C7H12N2.ClH/c1-6-5-7(2)9-4-3-8-6;/h3-5H2,1-2H3;1H. The first-order valence-corrected chi connectivity index (χ1v) is 3.29. The predicted molar refractivity (Wildman–Crippen MR) is 47.8 cm³/mol. The predicted octanol–water partition coefficient (Wildman–Crippen LogP) is 1.73. The topological polar surface area (TPSA) is 24.7 Å². The zero-order chi connectivity index (χ0) is 6.69. The molecule has 0 aromatic carbocycles. The highest BCUT2D eigenvalue weighted by Crippen LogP contribution is 1.95. The van der Waals surface area contributed by atoms with Crippen molar-refractivity contribution in [1.82, 2.24) is 0 Å². The van der Waals surface area contributed by atoms with Crippen LogP contribution in [0.5, 0.6) is 0 Å². The Morgan fingerprint density at radius 3 is 1.80 bits per heavy atom. The second kappa shape index (κ2) is 4.45. The van der Waals surface area contributed by atoms with Crippen LogP contribution in [0.3, 0.4) is 0 Å². The molecule has 0 atom stereocenters. The Hall–Kier alpha value is -0.370. The van der Waals surface area contributed by atoms with Crippen LogP contribution in [0.2, 0.25) is 0 Å². The van der Waals surface area contributed by atoms with Crippen molar-refractivity contribution in [1.29, 1.82) is 0 Å². The maximum Gasteiger partial charge on any atom is 0.0584 e. The summed E-state index contributed by atoms with van der Waals surface area (Å²) < 4.78 is 0. The van der Waals surface area contributed by atoms with E-state index in [1.165, 1.54) is 11.4 Å². The summed E-state index contributed by atoms with van der Waals surface area (Å²) in [6.45, 7) is 5.88. The van der Waals surface area contributed by atoms with Gasteiger partial charge in [-0.3, -0.25) is 9.98 Å². The maximum absolute atomic E-state index is 4.28. The Morgan fingerprint density at radius 2 is 1.40 bits per heavy atom. The molecule has 0 saturated carbocycles. The first kappa shape index (κ1) is 9.63. The minimum atomic E-state index is 0. The van der Waals surface area contributed by atoms with Crippen molar-refractivity contribution in [3.63, 3.8) is 0 Å². The molecule has 1 rings (SSSR count). The van der Waals surface area contributed by atoms with Gasteiger partial charge in [-0.25, -0.2) is 0 Å². The SMILES string of the molecule is CC1=NCCN=C(C)C1.Cl. The summed E-state index contributed by atoms with van der Waals surface area (Å²) in [4.78, 5) is 8.55. The second-order valence-corrected chi connectivity index (χ2v) is 2.41. The zero-order valence-electron chi connectivity index (χ0n) is 6.42. The van der Waals surface area contributed by atoms with Crippen LogP contribution >= 0.6 is 12.4 Å². The van der Waals surface area contributed by atoms with E-state index in [9.17, 15) is 0 Å². The van der Waals surface area contributed by atoms with Gasteiger partial charge in [-0.15, -0.1) is 12.4 Å². The van der Waals surface area contributed by atoms with Gasteiger partial charge in [0.1, 0.15) is 0 Å². The Morgan fingerprint density at radius 1 is 1.00 bits per heavy atom. The van der Waals surface area contributed by atoms with Crippen molar-refractivity contribution < 1.29 is 0 Å². The monoisotopic (exact) mass is 160 g/mol. The highest BCUT2D eigenvalue weighted by atomic mass is 35.5. The summed E-state index contributed by atoms with van der Waals surface area (Å²) in [5, 5.41) is 0. The summed E-state index contributed by atoms with van der Waals surface area (Å²) in [5.41, 5.74) is 2.43. The third kappa shape index (κ3) is 2.97. The van der Waals surface area contributed by atoms with Crippen LogP contribution in [0.1, 0.15) is 20.3 Å². The Balaban J connectivity index is 0.000000810. The molecule has 2 nitrogen and oxygen atoms in total. The van der Waals surface area contributed by atoms with Gasteiger partial charge in [-0.05, 0) is 13.8 Å². The van der Waals surface area contributed by atoms with Crippen LogP contribution in [0.4, 0.5) is 0 Å². The molecule has 0 radical (unpaired) electrons. The second-order valence-electron chi connectivity index (χ2n) is 2.41. The minimum absolute atomic E-state index is 0. The first-order valence-electron chi connectivity index (χ1n) is 3.29. The Bertz CT molecular complexity index is 143. The average molecular weight is 161 g/mol. The van der Waals surface area contributed by atoms with Gasteiger partial charge in [0, 0.05) is 17.8 Å². The van der Waals surface area contributed by atoms with E-state index in [0.717, 1.165) is 19.5 Å². The van der Waals surface area contributed by atoms with E-state index in [2.05, 4.69) is 23.8 Å². The van der Waals surface area contributed by atoms with E-state index in [1.54, 1.807) is 0 Å². The van der Waals surface area contributed by atoms with Gasteiger partial charge < -0.3 is 0 Å². The number of hydrogen-bond acceptors (Lipinski definition) is 2. The molecule has 0 bridgehead atoms. The summed E-state index contributed by atoms with van der Waals surface area (Å²) in [7, 11) is 0. The number of halogens is 1. The summed E-state index contributed by atoms with van der Waals surface area (Å²) in [6, 6.07) is 0. The molecule has 3 heteroatoms. The van der Waals surface area contributed by atoms with Gasteiger partial charge in [0.15, 0.2) is 0 Å². The lowest BCUT2D eigenvalue weighted by Crippen LogP contribution is -1.97. The van der Waals surface area contributed by atoms with Crippen LogP contribution < -0.4 is 0 Å². The summed E-state index contributed by atoms with van der Waals surface area (Å²) >= 11 is 0. The van der Waals surface area contributed by atoms with E-state index < -0.39 is 0 Å². The van der Waals surface area contributed by atoms with Crippen molar-refractivity contribution in [2.24, 2.45) is 9.98 Å². The highest BCUT2D eigenvalue weighted by molar-refractivity contribution is 6.02. The van der Waals surface area contributed by atoms with Crippen LogP contribution in [-0.2, 0) is 0 Å². The molecule has 0 amide bonds. The van der Waals surface area contributed by atoms with Crippen molar-refractivity contribution in [3.05, 3.63) is 0 Å². The van der Waals surface area contributed by atoms with Crippen LogP contribution in [0.25, 0.3) is 0 Å². The highest BCUT2D eigenvalue weighted by Gasteiger charge is 1.98. The Labute approximate surface area is 67.9 Å². The average Bonchev–Trinajstić information content (AvgIpc) is 1.93. The summed E-state index contributed by atoms with van der Waals surface area (Å²) in [5.74, 6) is 0. The molecule has 1 aliphatic heterocycles. The van der Waals surface area contributed by atoms with Gasteiger partial charge in [0.05, 0.1) is 13.1 Å². The summed E-state index contributed by atoms with van der Waals surface area (Å²) in [6.07, 6.45) is 0.972. The minimum Gasteiger partial charge on any atom is -0.292 e. The molecule has 10 heavy (non-hydrogen) atoms. The van der Waals surface area contributed by atoms with Crippen molar-refractivity contribution in [3.8, 4) is 0 Å². The quantitative estimate of drug-likeness (QED) is 0.516. The van der Waals surface area contributed by atoms with E-state index in [-0.39, 0.29) is 12.4 Å². The normalized spacial score (nSPS) is 18.2. The lowest BCUT2D eigenvalue weighted by Gasteiger charge is -1.92. The molecule has 0 spiro atoms. The van der Waals surface area contributed by atoms with E-state index in [4.69, 9.17) is 0 Å². The molecule has 0 saturated heterocycles. The van der Waals surface area contributed by atoms with E-state index in [1.807, 2.05) is 0 Å². The molecular formula is C7H13ClN2. The fourth-order valence-corrected chi connectivity index (χ4v) is 0.964. The van der Waals surface area contributed by atoms with Crippen molar-refractivity contribution in [2.75, 3.05) is 13.1 Å². The lowest BCUT2D eigenvalue weighted by molar-refractivity contribution is 0.983. The molecule has 0 unspecified atom stereocenters. The van der Waals surface area contributed by atoms with Gasteiger partial charge in [-0.2, -0.15) is 0 Å². The Kier molecular flexibility index (Phi) is 4.28. The fourth-order valence-electron chi connectivity index (χ4n) is 0.964. The smallest absolute Gasteiger partial charge is 0.0584 e. The van der Waals surface area contributed by atoms with Gasteiger partial charge in [0.25, 0.3) is 0 Å². The number of nitrogens with zero attached hydrogens (tertiary/aromatic N) is 2. The third-order valence-electron chi connectivity index (χ3n) is 1.38. The first-order chi connectivity index (χ1) is 4.29. The fraction of sp³-hybridized carbons (Fsp3) is 0.714. The molecule has 58 valence electrons. The maximum atomic E-state index is 4.28. The van der Waals surface area contributed by atoms with Crippen molar-refractivity contribution >= 4 is 23.8 Å².